The number of ether oxygens (including phenoxy) is 1. The molecule has 6 nitrogen and oxygen atoms in total. The van der Waals surface area contributed by atoms with E-state index in [1.54, 1.807) is 12.1 Å². The first-order chi connectivity index (χ1) is 15.4. The molecule has 1 saturated heterocycles. The number of anilines is 1. The maximum absolute atomic E-state index is 13.8. The molecule has 0 saturated carbocycles. The molecule has 3 aromatic carbocycles. The Hall–Kier alpha value is -3.72. The molecule has 3 amide bonds. The third-order valence-electron chi connectivity index (χ3n) is 4.81. The number of benzene rings is 3. The molecule has 0 aliphatic carbocycles. The van der Waals surface area contributed by atoms with Gasteiger partial charge in [-0.25, -0.2) is 8.78 Å². The van der Waals surface area contributed by atoms with Gasteiger partial charge in [0.1, 0.15) is 23.9 Å². The van der Waals surface area contributed by atoms with Crippen molar-refractivity contribution >= 4 is 51.4 Å². The van der Waals surface area contributed by atoms with Gasteiger partial charge in [-0.1, -0.05) is 30.3 Å². The molecular formula is C23H16F2N2O4S. The maximum Gasteiger partial charge on any atom is 0.294 e. The van der Waals surface area contributed by atoms with Crippen LogP contribution in [0.1, 0.15) is 5.56 Å². The average Bonchev–Trinajstić information content (AvgIpc) is 3.03. The van der Waals surface area contributed by atoms with Crippen LogP contribution >= 0.6 is 11.8 Å². The van der Waals surface area contributed by atoms with Crippen LogP contribution in [0.3, 0.4) is 0 Å². The molecule has 9 heteroatoms. The Morgan fingerprint density at radius 2 is 1.91 bits per heavy atom. The summed E-state index contributed by atoms with van der Waals surface area (Å²) in [4.78, 5) is 38.4. The number of hydrogen-bond donors (Lipinski definition) is 1. The molecule has 3 aromatic rings. The van der Waals surface area contributed by atoms with Gasteiger partial charge in [0.2, 0.25) is 5.91 Å². The summed E-state index contributed by atoms with van der Waals surface area (Å²) in [5.41, 5.74) is 0.383. The van der Waals surface area contributed by atoms with Gasteiger partial charge >= 0.3 is 0 Å². The van der Waals surface area contributed by atoms with Gasteiger partial charge < -0.3 is 10.1 Å². The van der Waals surface area contributed by atoms with Crippen molar-refractivity contribution in [2.45, 2.75) is 0 Å². The van der Waals surface area contributed by atoms with Crippen LogP contribution in [0.15, 0.2) is 59.5 Å². The summed E-state index contributed by atoms with van der Waals surface area (Å²) in [5.74, 6) is -2.66. The first kappa shape index (κ1) is 21.5. The number of nitrogens with zero attached hydrogens (tertiary/aromatic N) is 1. The lowest BCUT2D eigenvalue weighted by Crippen LogP contribution is -2.36. The summed E-state index contributed by atoms with van der Waals surface area (Å²) < 4.78 is 32.2. The molecule has 0 aromatic heterocycles. The summed E-state index contributed by atoms with van der Waals surface area (Å²) in [5, 5.41) is 3.37. The fraction of sp³-hybridized carbons (Fsp3) is 0.0870. The predicted octanol–water partition coefficient (Wildman–Crippen LogP) is 4.80. The van der Waals surface area contributed by atoms with Gasteiger partial charge in [0, 0.05) is 11.6 Å². The van der Waals surface area contributed by atoms with E-state index in [0.717, 1.165) is 27.8 Å². The fourth-order valence-electron chi connectivity index (χ4n) is 3.29. The Labute approximate surface area is 185 Å². The molecular weight excluding hydrogens is 438 g/mol. The van der Waals surface area contributed by atoms with E-state index >= 15 is 0 Å². The quantitative estimate of drug-likeness (QED) is 0.561. The highest BCUT2D eigenvalue weighted by Gasteiger charge is 2.36. The van der Waals surface area contributed by atoms with Crippen LogP contribution in [0.25, 0.3) is 16.8 Å². The lowest BCUT2D eigenvalue weighted by atomic mass is 10.0. The largest absolute Gasteiger partial charge is 0.496 e. The molecule has 1 N–H and O–H groups in total. The number of carbonyl (C=O) groups excluding carboxylic acids is 3. The van der Waals surface area contributed by atoms with E-state index < -0.39 is 35.2 Å². The van der Waals surface area contributed by atoms with Crippen molar-refractivity contribution in [3.05, 3.63) is 76.7 Å². The number of rotatable bonds is 5. The predicted molar refractivity (Wildman–Crippen MR) is 118 cm³/mol. The van der Waals surface area contributed by atoms with Gasteiger partial charge in [0.15, 0.2) is 0 Å². The molecule has 4 rings (SSSR count). The van der Waals surface area contributed by atoms with Crippen molar-refractivity contribution in [1.29, 1.82) is 0 Å². The summed E-state index contributed by atoms with van der Waals surface area (Å²) in [6, 6.07) is 13.8. The number of carbonyl (C=O) groups is 3. The zero-order chi connectivity index (χ0) is 22.8. The van der Waals surface area contributed by atoms with Crippen LogP contribution in [0.5, 0.6) is 5.75 Å². The van der Waals surface area contributed by atoms with E-state index in [4.69, 9.17) is 4.74 Å². The Morgan fingerprint density at radius 3 is 2.66 bits per heavy atom. The van der Waals surface area contributed by atoms with Crippen LogP contribution in [-0.4, -0.2) is 35.6 Å². The lowest BCUT2D eigenvalue weighted by molar-refractivity contribution is -0.127. The number of hydrogen-bond acceptors (Lipinski definition) is 5. The van der Waals surface area contributed by atoms with Crippen molar-refractivity contribution in [2.75, 3.05) is 19.0 Å². The molecule has 0 spiro atoms. The van der Waals surface area contributed by atoms with Gasteiger partial charge in [0.05, 0.1) is 17.7 Å². The Kier molecular flexibility index (Phi) is 5.91. The summed E-state index contributed by atoms with van der Waals surface area (Å²) in [7, 11) is 1.51. The van der Waals surface area contributed by atoms with Crippen LogP contribution in [0, 0.1) is 11.6 Å². The molecule has 0 radical (unpaired) electrons. The average molecular weight is 454 g/mol. The topological polar surface area (TPSA) is 75.7 Å². The summed E-state index contributed by atoms with van der Waals surface area (Å²) in [6.07, 6.45) is 1.56. The molecule has 162 valence electrons. The summed E-state index contributed by atoms with van der Waals surface area (Å²) >= 11 is 0.697. The van der Waals surface area contributed by atoms with Crippen LogP contribution in [0.4, 0.5) is 19.3 Å². The smallest absolute Gasteiger partial charge is 0.294 e. The molecule has 1 aliphatic rings. The second kappa shape index (κ2) is 8.80. The molecule has 0 unspecified atom stereocenters. The maximum atomic E-state index is 13.8. The van der Waals surface area contributed by atoms with Crippen molar-refractivity contribution in [3.8, 4) is 5.75 Å². The Balaban J connectivity index is 1.58. The number of fused-ring (bicyclic) bond motifs is 1. The minimum atomic E-state index is -0.963. The zero-order valence-electron chi connectivity index (χ0n) is 16.7. The summed E-state index contributed by atoms with van der Waals surface area (Å²) in [6.45, 7) is -0.606. The van der Waals surface area contributed by atoms with E-state index in [1.807, 2.05) is 30.3 Å². The molecule has 1 heterocycles. The number of amides is 3. The minimum absolute atomic E-state index is 0.130. The van der Waals surface area contributed by atoms with E-state index in [1.165, 1.54) is 7.11 Å². The van der Waals surface area contributed by atoms with E-state index in [0.29, 0.717) is 29.1 Å². The Morgan fingerprint density at radius 1 is 1.12 bits per heavy atom. The highest BCUT2D eigenvalue weighted by Crippen LogP contribution is 2.36. The van der Waals surface area contributed by atoms with Gasteiger partial charge in [-0.05, 0) is 46.8 Å². The second-order valence-electron chi connectivity index (χ2n) is 6.84. The molecule has 32 heavy (non-hydrogen) atoms. The van der Waals surface area contributed by atoms with E-state index in [9.17, 15) is 23.2 Å². The number of nitrogens with one attached hydrogen (secondary N) is 1. The van der Waals surface area contributed by atoms with Gasteiger partial charge in [-0.15, -0.1) is 0 Å². The van der Waals surface area contributed by atoms with E-state index in [2.05, 4.69) is 5.32 Å². The number of methoxy groups -OCH3 is 1. The lowest BCUT2D eigenvalue weighted by Gasteiger charge is -2.13. The first-order valence-electron chi connectivity index (χ1n) is 9.43. The van der Waals surface area contributed by atoms with Gasteiger partial charge in [0.25, 0.3) is 11.1 Å². The normalized spacial score (nSPS) is 15.0. The minimum Gasteiger partial charge on any atom is -0.496 e. The van der Waals surface area contributed by atoms with Crippen molar-refractivity contribution in [2.24, 2.45) is 0 Å². The Bertz CT molecular complexity index is 1290. The first-order valence-corrected chi connectivity index (χ1v) is 10.2. The highest BCUT2D eigenvalue weighted by atomic mass is 32.2. The number of halogens is 2. The van der Waals surface area contributed by atoms with Gasteiger partial charge in [-0.2, -0.15) is 0 Å². The van der Waals surface area contributed by atoms with Crippen LogP contribution in [0.2, 0.25) is 0 Å². The molecule has 0 bridgehead atoms. The monoisotopic (exact) mass is 454 g/mol. The molecule has 0 atom stereocenters. The fourth-order valence-corrected chi connectivity index (χ4v) is 4.11. The van der Waals surface area contributed by atoms with Crippen molar-refractivity contribution in [1.82, 2.24) is 4.90 Å². The molecule has 1 aliphatic heterocycles. The standard InChI is InChI=1S/C23H16F2N2O4S/c1-31-19-9-6-13-4-2-3-5-15(13)16(19)11-20-22(29)27(23(30)32-20)12-21(28)26-18-8-7-14(24)10-17(18)25/h2-11H,12H2,1H3,(H,26,28)/b20-11+. The third-order valence-corrected chi connectivity index (χ3v) is 5.71. The van der Waals surface area contributed by atoms with Crippen LogP contribution < -0.4 is 10.1 Å². The van der Waals surface area contributed by atoms with Crippen molar-refractivity contribution in [3.63, 3.8) is 0 Å². The second-order valence-corrected chi connectivity index (χ2v) is 7.84. The SMILES string of the molecule is COc1ccc2ccccc2c1/C=C1/SC(=O)N(CC(=O)Nc2ccc(F)cc2F)C1=O. The van der Waals surface area contributed by atoms with Crippen molar-refractivity contribution < 1.29 is 27.9 Å². The molecule has 1 fully saturated rings. The van der Waals surface area contributed by atoms with Crippen LogP contribution in [-0.2, 0) is 9.59 Å². The number of imide groups is 1. The highest BCUT2D eigenvalue weighted by molar-refractivity contribution is 8.18. The zero-order valence-corrected chi connectivity index (χ0v) is 17.5. The number of thioether (sulfide) groups is 1. The van der Waals surface area contributed by atoms with Gasteiger partial charge in [-0.3, -0.25) is 19.3 Å². The van der Waals surface area contributed by atoms with E-state index in [-0.39, 0.29) is 10.6 Å². The third kappa shape index (κ3) is 4.19.